The van der Waals surface area contributed by atoms with E-state index in [1.807, 2.05) is 0 Å². The molecule has 0 aromatic heterocycles. The molecule has 0 heterocycles. The maximum Gasteiger partial charge on any atom is 0.0702 e. The minimum Gasteiger partial charge on any atom is -0.391 e. The Labute approximate surface area is 55.1 Å². The van der Waals surface area contributed by atoms with Gasteiger partial charge in [0.1, 0.15) is 0 Å². The lowest BCUT2D eigenvalue weighted by atomic mass is 9.52. The zero-order chi connectivity index (χ0) is 6.48. The fourth-order valence-electron chi connectivity index (χ4n) is 2.10. The van der Waals surface area contributed by atoms with E-state index in [1.54, 1.807) is 0 Å². The van der Waals surface area contributed by atoms with Gasteiger partial charge in [-0.1, -0.05) is 6.42 Å². The van der Waals surface area contributed by atoms with Gasteiger partial charge in [0.2, 0.25) is 0 Å². The molecule has 2 fully saturated rings. The highest BCUT2D eigenvalue weighted by molar-refractivity contribution is 5.08. The largest absolute Gasteiger partial charge is 0.391 e. The third-order valence-electron chi connectivity index (χ3n) is 3.09. The maximum atomic E-state index is 9.09. The smallest absolute Gasteiger partial charge is 0.0702 e. The highest BCUT2D eigenvalue weighted by Crippen LogP contribution is 2.54. The second kappa shape index (κ2) is 1.50. The summed E-state index contributed by atoms with van der Waals surface area (Å²) in [6.45, 7) is 0. The second-order valence-corrected chi connectivity index (χ2v) is 3.51. The molecule has 9 heavy (non-hydrogen) atoms. The van der Waals surface area contributed by atoms with Crippen LogP contribution in [0, 0.1) is 5.41 Å². The van der Waals surface area contributed by atoms with Gasteiger partial charge in [-0.3, -0.25) is 0 Å². The van der Waals surface area contributed by atoms with Crippen LogP contribution in [0.25, 0.3) is 0 Å². The molecule has 2 saturated carbocycles. The highest BCUT2D eigenvalue weighted by atomic mass is 16.3. The summed E-state index contributed by atoms with van der Waals surface area (Å²) < 4.78 is 0. The van der Waals surface area contributed by atoms with E-state index in [4.69, 9.17) is 10.8 Å². The summed E-state index contributed by atoms with van der Waals surface area (Å²) in [5.74, 6) is 0. The fraction of sp³-hybridized carbons (Fsp3) is 1.00. The average molecular weight is 127 g/mol. The van der Waals surface area contributed by atoms with Crippen LogP contribution in [0.15, 0.2) is 0 Å². The summed E-state index contributed by atoms with van der Waals surface area (Å²) in [6.07, 6.45) is 4.61. The SMILES string of the molecule is NC1C(O)CC12CCC2. The van der Waals surface area contributed by atoms with Crippen LogP contribution >= 0.6 is 0 Å². The Balaban J connectivity index is 2.02. The quantitative estimate of drug-likeness (QED) is 0.490. The summed E-state index contributed by atoms with van der Waals surface area (Å²) in [6, 6.07) is 0.103. The molecule has 0 saturated heterocycles. The van der Waals surface area contributed by atoms with Crippen LogP contribution in [-0.4, -0.2) is 17.3 Å². The van der Waals surface area contributed by atoms with Crippen LogP contribution < -0.4 is 5.73 Å². The van der Waals surface area contributed by atoms with Crippen molar-refractivity contribution in [2.45, 2.75) is 37.8 Å². The summed E-state index contributed by atoms with van der Waals surface area (Å²) in [4.78, 5) is 0. The number of aliphatic hydroxyl groups is 1. The van der Waals surface area contributed by atoms with Crippen LogP contribution in [0.3, 0.4) is 0 Å². The minimum absolute atomic E-state index is 0.103. The first kappa shape index (κ1) is 5.69. The molecule has 52 valence electrons. The summed E-state index contributed by atoms with van der Waals surface area (Å²) in [5, 5.41) is 9.09. The van der Waals surface area contributed by atoms with Crippen LogP contribution in [0.2, 0.25) is 0 Å². The van der Waals surface area contributed by atoms with Crippen molar-refractivity contribution in [2.24, 2.45) is 11.1 Å². The predicted molar refractivity (Wildman–Crippen MR) is 34.9 cm³/mol. The molecule has 2 heteroatoms. The molecule has 0 aliphatic heterocycles. The number of nitrogens with two attached hydrogens (primary N) is 1. The minimum atomic E-state index is -0.190. The van der Waals surface area contributed by atoms with Crippen LogP contribution in [-0.2, 0) is 0 Å². The van der Waals surface area contributed by atoms with E-state index in [2.05, 4.69) is 0 Å². The molecule has 0 radical (unpaired) electrons. The monoisotopic (exact) mass is 127 g/mol. The Morgan fingerprint density at radius 3 is 2.22 bits per heavy atom. The second-order valence-electron chi connectivity index (χ2n) is 3.51. The molecular weight excluding hydrogens is 114 g/mol. The Hall–Kier alpha value is -0.0800. The molecule has 2 atom stereocenters. The number of hydrogen-bond donors (Lipinski definition) is 2. The Bertz CT molecular complexity index is 131. The van der Waals surface area contributed by atoms with Gasteiger partial charge in [-0.15, -0.1) is 0 Å². The van der Waals surface area contributed by atoms with E-state index in [1.165, 1.54) is 19.3 Å². The molecule has 2 nitrogen and oxygen atoms in total. The first-order valence-corrected chi connectivity index (χ1v) is 3.68. The third kappa shape index (κ3) is 0.528. The van der Waals surface area contributed by atoms with Crippen LogP contribution in [0.4, 0.5) is 0 Å². The molecule has 2 unspecified atom stereocenters. The Morgan fingerprint density at radius 1 is 1.44 bits per heavy atom. The van der Waals surface area contributed by atoms with Gasteiger partial charge in [-0.05, 0) is 24.7 Å². The van der Waals surface area contributed by atoms with Gasteiger partial charge >= 0.3 is 0 Å². The van der Waals surface area contributed by atoms with E-state index in [0.717, 1.165) is 6.42 Å². The van der Waals surface area contributed by atoms with Gasteiger partial charge in [0.15, 0.2) is 0 Å². The van der Waals surface area contributed by atoms with Gasteiger partial charge in [0, 0.05) is 6.04 Å². The van der Waals surface area contributed by atoms with Crippen molar-refractivity contribution in [2.75, 3.05) is 0 Å². The molecule has 2 aliphatic carbocycles. The van der Waals surface area contributed by atoms with Crippen molar-refractivity contribution in [3.63, 3.8) is 0 Å². The van der Waals surface area contributed by atoms with E-state index in [9.17, 15) is 0 Å². The van der Waals surface area contributed by atoms with Crippen molar-refractivity contribution in [3.05, 3.63) is 0 Å². The zero-order valence-corrected chi connectivity index (χ0v) is 5.51. The number of aliphatic hydroxyl groups excluding tert-OH is 1. The number of rotatable bonds is 0. The van der Waals surface area contributed by atoms with Crippen LogP contribution in [0.5, 0.6) is 0 Å². The lowest BCUT2D eigenvalue weighted by molar-refractivity contribution is -0.105. The normalized spacial score (nSPS) is 46.0. The van der Waals surface area contributed by atoms with Crippen molar-refractivity contribution < 1.29 is 5.11 Å². The van der Waals surface area contributed by atoms with Crippen molar-refractivity contribution in [3.8, 4) is 0 Å². The lowest BCUT2D eigenvalue weighted by Crippen LogP contribution is -2.64. The van der Waals surface area contributed by atoms with E-state index >= 15 is 0 Å². The first-order valence-electron chi connectivity index (χ1n) is 3.68. The van der Waals surface area contributed by atoms with Crippen molar-refractivity contribution >= 4 is 0 Å². The van der Waals surface area contributed by atoms with Gasteiger partial charge in [-0.2, -0.15) is 0 Å². The van der Waals surface area contributed by atoms with Crippen molar-refractivity contribution in [1.82, 2.24) is 0 Å². The molecule has 1 spiro atoms. The van der Waals surface area contributed by atoms with E-state index in [0.29, 0.717) is 5.41 Å². The Morgan fingerprint density at radius 2 is 2.11 bits per heavy atom. The maximum absolute atomic E-state index is 9.09. The molecule has 2 rings (SSSR count). The van der Waals surface area contributed by atoms with Gasteiger partial charge in [0.05, 0.1) is 6.10 Å². The zero-order valence-electron chi connectivity index (χ0n) is 5.51. The van der Waals surface area contributed by atoms with E-state index < -0.39 is 0 Å². The predicted octanol–water partition coefficient (Wildman–Crippen LogP) is 0.249. The van der Waals surface area contributed by atoms with Gasteiger partial charge in [0.25, 0.3) is 0 Å². The van der Waals surface area contributed by atoms with Gasteiger partial charge in [-0.25, -0.2) is 0 Å². The molecule has 0 amide bonds. The fourth-order valence-corrected chi connectivity index (χ4v) is 2.10. The molecule has 2 aliphatic rings. The lowest BCUT2D eigenvalue weighted by Gasteiger charge is -2.57. The van der Waals surface area contributed by atoms with E-state index in [-0.39, 0.29) is 12.1 Å². The summed E-state index contributed by atoms with van der Waals surface area (Å²) >= 11 is 0. The standard InChI is InChI=1S/C7H13NO/c8-6-5(9)4-7(6)2-1-3-7/h5-6,9H,1-4,8H2. The molecule has 3 N–H and O–H groups in total. The first-order chi connectivity index (χ1) is 4.25. The molecule has 0 aromatic carbocycles. The average Bonchev–Trinajstić information content (AvgIpc) is 1.77. The topological polar surface area (TPSA) is 46.2 Å². The summed E-state index contributed by atoms with van der Waals surface area (Å²) in [5.41, 5.74) is 6.11. The number of hydrogen-bond acceptors (Lipinski definition) is 2. The molecular formula is C7H13NO. The summed E-state index contributed by atoms with van der Waals surface area (Å²) in [7, 11) is 0. The van der Waals surface area contributed by atoms with Crippen molar-refractivity contribution in [1.29, 1.82) is 0 Å². The Kier molecular flexibility index (Phi) is 0.945. The third-order valence-corrected chi connectivity index (χ3v) is 3.09. The highest BCUT2D eigenvalue weighted by Gasteiger charge is 2.54. The van der Waals surface area contributed by atoms with Gasteiger partial charge < -0.3 is 10.8 Å². The van der Waals surface area contributed by atoms with Crippen LogP contribution in [0.1, 0.15) is 25.7 Å². The molecule has 0 bridgehead atoms. The molecule has 0 aromatic rings.